The molecule has 1 fully saturated rings. The van der Waals surface area contributed by atoms with Gasteiger partial charge in [-0.25, -0.2) is 15.1 Å². The number of aliphatic hydroxyl groups is 1. The molecule has 0 bridgehead atoms. The van der Waals surface area contributed by atoms with Crippen LogP contribution in [0.2, 0.25) is 0 Å². The molecule has 0 aromatic carbocycles. The van der Waals surface area contributed by atoms with Crippen molar-refractivity contribution in [3.8, 4) is 0 Å². The predicted molar refractivity (Wildman–Crippen MR) is 121 cm³/mol. The molecule has 10 nitrogen and oxygen atoms in total. The van der Waals surface area contributed by atoms with E-state index < -0.39 is 16.4 Å². The number of carbonyl (C=O) groups is 1. The number of hydrogen-bond acceptors (Lipinski definition) is 9. The Balaban J connectivity index is 1.44. The maximum Gasteiger partial charge on any atom is 0.333 e. The lowest BCUT2D eigenvalue weighted by atomic mass is 9.96. The van der Waals surface area contributed by atoms with Crippen LogP contribution in [0.1, 0.15) is 45.0 Å². The van der Waals surface area contributed by atoms with Crippen molar-refractivity contribution in [3.63, 3.8) is 0 Å². The first-order chi connectivity index (χ1) is 15.7. The van der Waals surface area contributed by atoms with E-state index in [0.717, 1.165) is 11.3 Å². The summed E-state index contributed by atoms with van der Waals surface area (Å²) in [5.41, 5.74) is 2.96. The first-order valence-corrected chi connectivity index (χ1v) is 12.8. The molecular weight excluding hydrogens is 466 g/mol. The molecule has 33 heavy (non-hydrogen) atoms. The van der Waals surface area contributed by atoms with Crippen molar-refractivity contribution < 1.29 is 22.5 Å². The van der Waals surface area contributed by atoms with Gasteiger partial charge in [0.1, 0.15) is 6.33 Å². The Bertz CT molecular complexity index is 1240. The molecule has 12 heteroatoms. The number of carbonyl (C=O) groups excluding carboxylic acids is 1. The number of ketones is 1. The topological polar surface area (TPSA) is 150 Å². The van der Waals surface area contributed by atoms with Crippen LogP contribution < -0.4 is 5.14 Å². The van der Waals surface area contributed by atoms with E-state index in [1.165, 1.54) is 23.9 Å². The van der Waals surface area contributed by atoms with E-state index in [0.29, 0.717) is 41.9 Å². The Hall–Kier alpha value is -2.51. The molecule has 3 N–H and O–H groups in total. The number of aliphatic hydroxyl groups excluding tert-OH is 1. The summed E-state index contributed by atoms with van der Waals surface area (Å²) in [5.74, 6) is -0.469. The van der Waals surface area contributed by atoms with E-state index in [1.807, 2.05) is 35.3 Å². The van der Waals surface area contributed by atoms with Crippen LogP contribution in [0.25, 0.3) is 0 Å². The molecule has 3 atom stereocenters. The fourth-order valence-electron chi connectivity index (χ4n) is 4.17. The van der Waals surface area contributed by atoms with Crippen molar-refractivity contribution in [1.29, 1.82) is 0 Å². The number of thiophene rings is 1. The zero-order valence-corrected chi connectivity index (χ0v) is 19.6. The normalized spacial score (nSPS) is 20.9. The minimum absolute atomic E-state index is 0.0254. The van der Waals surface area contributed by atoms with Gasteiger partial charge in [-0.15, -0.1) is 11.3 Å². The fourth-order valence-corrected chi connectivity index (χ4v) is 5.39. The van der Waals surface area contributed by atoms with Crippen LogP contribution in [-0.2, 0) is 27.5 Å². The van der Waals surface area contributed by atoms with Gasteiger partial charge in [0.15, 0.2) is 0 Å². The van der Waals surface area contributed by atoms with Crippen LogP contribution in [-0.4, -0.2) is 51.8 Å². The summed E-state index contributed by atoms with van der Waals surface area (Å²) in [6, 6.07) is 3.79. The first-order valence-electron chi connectivity index (χ1n) is 10.4. The quantitative estimate of drug-likeness (QED) is 0.427. The maximum atomic E-state index is 13.2. The Kier molecular flexibility index (Phi) is 7.00. The van der Waals surface area contributed by atoms with Crippen molar-refractivity contribution in [3.05, 3.63) is 63.6 Å². The van der Waals surface area contributed by atoms with Crippen molar-refractivity contribution in [2.75, 3.05) is 6.61 Å². The second kappa shape index (κ2) is 9.77. The maximum absolute atomic E-state index is 13.2. The van der Waals surface area contributed by atoms with Gasteiger partial charge in [0.05, 0.1) is 41.1 Å². The number of aromatic nitrogens is 4. The number of rotatable bonds is 9. The molecule has 176 valence electrons. The summed E-state index contributed by atoms with van der Waals surface area (Å²) < 4.78 is 28.6. The Labute approximate surface area is 195 Å². The highest BCUT2D eigenvalue weighted by Crippen LogP contribution is 2.34. The highest BCUT2D eigenvalue weighted by atomic mass is 32.2. The molecule has 1 aliphatic carbocycles. The van der Waals surface area contributed by atoms with Crippen LogP contribution in [0.5, 0.6) is 0 Å². The monoisotopic (exact) mass is 491 g/mol. The van der Waals surface area contributed by atoms with Gasteiger partial charge in [-0.3, -0.25) is 13.7 Å². The van der Waals surface area contributed by atoms with E-state index in [9.17, 15) is 18.3 Å². The average Bonchev–Trinajstić information content (AvgIpc) is 3.47. The molecule has 0 unspecified atom stereocenters. The lowest BCUT2D eigenvalue weighted by Gasteiger charge is -2.13. The van der Waals surface area contributed by atoms with Gasteiger partial charge in [0.25, 0.3) is 0 Å². The summed E-state index contributed by atoms with van der Waals surface area (Å²) >= 11 is 1.37. The van der Waals surface area contributed by atoms with Gasteiger partial charge in [0, 0.05) is 18.3 Å². The summed E-state index contributed by atoms with van der Waals surface area (Å²) in [5, 5.41) is 21.5. The first kappa shape index (κ1) is 23.6. The van der Waals surface area contributed by atoms with Crippen molar-refractivity contribution in [2.24, 2.45) is 17.0 Å². The van der Waals surface area contributed by atoms with Crippen molar-refractivity contribution in [2.45, 2.75) is 38.8 Å². The smallest absolute Gasteiger partial charge is 0.333 e. The zero-order chi connectivity index (χ0) is 23.6. The highest BCUT2D eigenvalue weighted by molar-refractivity contribution is 7.84. The molecule has 0 saturated heterocycles. The van der Waals surface area contributed by atoms with Crippen LogP contribution in [0.3, 0.4) is 0 Å². The molecular formula is C21H25N5O5S2. The molecule has 3 heterocycles. The fraction of sp³-hybridized carbons (Fsp3) is 0.429. The molecule has 3 aromatic rings. The summed E-state index contributed by atoms with van der Waals surface area (Å²) in [4.78, 5) is 22.2. The van der Waals surface area contributed by atoms with Crippen LogP contribution >= 0.6 is 11.3 Å². The molecule has 4 rings (SSSR count). The lowest BCUT2D eigenvalue weighted by Crippen LogP contribution is -2.24. The number of nitrogens with zero attached hydrogens (tertiary/aromatic N) is 4. The van der Waals surface area contributed by atoms with Crippen LogP contribution in [0, 0.1) is 18.8 Å². The second-order valence-corrected chi connectivity index (χ2v) is 10.5. The van der Waals surface area contributed by atoms with E-state index in [1.54, 1.807) is 0 Å². The van der Waals surface area contributed by atoms with Gasteiger partial charge in [-0.1, -0.05) is 0 Å². The molecule has 0 spiro atoms. The van der Waals surface area contributed by atoms with Crippen LogP contribution in [0.15, 0.2) is 36.2 Å². The third-order valence-corrected chi connectivity index (χ3v) is 7.16. The van der Waals surface area contributed by atoms with E-state index in [2.05, 4.69) is 19.2 Å². The summed E-state index contributed by atoms with van der Waals surface area (Å²) in [6.45, 7) is 2.34. The average molecular weight is 492 g/mol. The number of aryl methyl sites for hydroxylation is 1. The predicted octanol–water partition coefficient (Wildman–Crippen LogP) is 1.47. The Morgan fingerprint density at radius 1 is 1.39 bits per heavy atom. The van der Waals surface area contributed by atoms with E-state index in [4.69, 9.17) is 5.14 Å². The second-order valence-electron chi connectivity index (χ2n) is 8.33. The van der Waals surface area contributed by atoms with Crippen molar-refractivity contribution in [1.82, 2.24) is 19.7 Å². The molecule has 0 aliphatic heterocycles. The van der Waals surface area contributed by atoms with Gasteiger partial charge < -0.3 is 5.11 Å². The molecule has 0 amide bonds. The molecule has 1 saturated carbocycles. The van der Waals surface area contributed by atoms with E-state index >= 15 is 0 Å². The molecule has 3 aromatic heterocycles. The third-order valence-electron chi connectivity index (χ3n) is 5.72. The lowest BCUT2D eigenvalue weighted by molar-refractivity contribution is 0.100. The highest BCUT2D eigenvalue weighted by Gasteiger charge is 2.35. The van der Waals surface area contributed by atoms with Gasteiger partial charge >= 0.3 is 10.3 Å². The largest absolute Gasteiger partial charge is 0.393 e. The molecule has 0 radical (unpaired) electrons. The van der Waals surface area contributed by atoms with Crippen molar-refractivity contribution >= 4 is 27.4 Å². The summed E-state index contributed by atoms with van der Waals surface area (Å²) in [6.07, 6.45) is 5.59. The SMILES string of the molecule is Cc1ccn(Cc2csc(C(=O)c3cncnc3C[C@@H]3C[C@H](COS(N)(=O)=O)[C@@H](O)C3)c2)n1. The van der Waals surface area contributed by atoms with Gasteiger partial charge in [-0.05, 0) is 55.2 Å². The van der Waals surface area contributed by atoms with E-state index in [-0.39, 0.29) is 24.2 Å². The Morgan fingerprint density at radius 2 is 2.21 bits per heavy atom. The standard InChI is InChI=1S/C21H25N5O5S2/c1-13-2-3-26(25-13)9-15-7-20(32-11-15)21(28)17-8-23-12-24-18(17)5-14-4-16(19(27)6-14)10-31-33(22,29)30/h2-3,7-8,11-12,14,16,19,27H,4-6,9-10H2,1H3,(H2,22,29,30)/t14-,16+,19-/m0/s1. The zero-order valence-electron chi connectivity index (χ0n) is 18.0. The third kappa shape index (κ3) is 6.09. The van der Waals surface area contributed by atoms with Gasteiger partial charge in [-0.2, -0.15) is 13.5 Å². The van der Waals surface area contributed by atoms with Crippen LogP contribution in [0.4, 0.5) is 0 Å². The minimum Gasteiger partial charge on any atom is -0.393 e. The molecule has 1 aliphatic rings. The summed E-state index contributed by atoms with van der Waals surface area (Å²) in [7, 11) is -4.06. The number of hydrogen-bond donors (Lipinski definition) is 2. The van der Waals surface area contributed by atoms with Gasteiger partial charge in [0.2, 0.25) is 5.78 Å². The number of nitrogens with two attached hydrogens (primary N) is 1. The minimum atomic E-state index is -4.06. The Morgan fingerprint density at radius 3 is 2.94 bits per heavy atom.